The van der Waals surface area contributed by atoms with Crippen molar-refractivity contribution in [1.29, 1.82) is 0 Å². The number of nitrogens with one attached hydrogen (secondary N) is 1. The molecular weight excluding hydrogens is 318 g/mol. The van der Waals surface area contributed by atoms with Gasteiger partial charge in [-0.3, -0.25) is 4.99 Å². The van der Waals surface area contributed by atoms with E-state index in [9.17, 15) is 0 Å². The van der Waals surface area contributed by atoms with Gasteiger partial charge in [0.25, 0.3) is 0 Å². The SMILES string of the molecule is CC(C)Oc1ccc(NC(N)=NCCc2ccc(Cl)s2)cc1. The molecule has 6 heteroatoms. The quantitative estimate of drug-likeness (QED) is 0.614. The molecule has 0 aliphatic heterocycles. The molecule has 0 spiro atoms. The van der Waals surface area contributed by atoms with Crippen LogP contribution < -0.4 is 15.8 Å². The third kappa shape index (κ3) is 5.58. The third-order valence-electron chi connectivity index (χ3n) is 2.77. The molecule has 0 radical (unpaired) electrons. The zero-order valence-corrected chi connectivity index (χ0v) is 14.2. The van der Waals surface area contributed by atoms with Gasteiger partial charge in [0.1, 0.15) is 5.75 Å². The van der Waals surface area contributed by atoms with E-state index in [2.05, 4.69) is 10.3 Å². The second kappa shape index (κ2) is 8.06. The summed E-state index contributed by atoms with van der Waals surface area (Å²) in [4.78, 5) is 5.52. The van der Waals surface area contributed by atoms with E-state index >= 15 is 0 Å². The van der Waals surface area contributed by atoms with E-state index in [-0.39, 0.29) is 6.10 Å². The lowest BCUT2D eigenvalue weighted by atomic mass is 10.3. The first-order valence-corrected chi connectivity index (χ1v) is 8.30. The van der Waals surface area contributed by atoms with E-state index < -0.39 is 0 Å². The molecule has 1 aromatic carbocycles. The summed E-state index contributed by atoms with van der Waals surface area (Å²) in [5.41, 5.74) is 6.76. The molecule has 0 atom stereocenters. The molecule has 0 aliphatic rings. The fraction of sp³-hybridized carbons (Fsp3) is 0.312. The van der Waals surface area contributed by atoms with Crippen LogP contribution in [0.15, 0.2) is 41.4 Å². The first-order chi connectivity index (χ1) is 10.5. The van der Waals surface area contributed by atoms with Crippen LogP contribution >= 0.6 is 22.9 Å². The van der Waals surface area contributed by atoms with Crippen molar-refractivity contribution in [2.75, 3.05) is 11.9 Å². The zero-order chi connectivity index (χ0) is 15.9. The number of ether oxygens (including phenoxy) is 1. The molecule has 2 aromatic rings. The topological polar surface area (TPSA) is 59.6 Å². The van der Waals surface area contributed by atoms with Gasteiger partial charge in [-0.25, -0.2) is 0 Å². The molecule has 0 amide bonds. The van der Waals surface area contributed by atoms with Crippen LogP contribution in [-0.2, 0) is 6.42 Å². The summed E-state index contributed by atoms with van der Waals surface area (Å²) in [6.45, 7) is 4.62. The lowest BCUT2D eigenvalue weighted by molar-refractivity contribution is 0.242. The van der Waals surface area contributed by atoms with Crippen molar-refractivity contribution in [3.05, 3.63) is 45.6 Å². The number of thiophene rings is 1. The Morgan fingerprint density at radius 2 is 2.00 bits per heavy atom. The van der Waals surface area contributed by atoms with Crippen LogP contribution in [0.2, 0.25) is 4.34 Å². The summed E-state index contributed by atoms with van der Waals surface area (Å²) in [7, 11) is 0. The predicted molar refractivity (Wildman–Crippen MR) is 95.4 cm³/mol. The maximum absolute atomic E-state index is 5.89. The molecule has 0 aliphatic carbocycles. The number of aliphatic imine (C=N–C) groups is 1. The average molecular weight is 338 g/mol. The maximum Gasteiger partial charge on any atom is 0.193 e. The van der Waals surface area contributed by atoms with E-state index in [0.717, 1.165) is 22.2 Å². The van der Waals surface area contributed by atoms with Crippen molar-refractivity contribution in [1.82, 2.24) is 0 Å². The van der Waals surface area contributed by atoms with Crippen molar-refractivity contribution in [2.24, 2.45) is 10.7 Å². The summed E-state index contributed by atoms with van der Waals surface area (Å²) in [6, 6.07) is 11.6. The second-order valence-corrected chi connectivity index (χ2v) is 6.84. The zero-order valence-electron chi connectivity index (χ0n) is 12.7. The van der Waals surface area contributed by atoms with Gasteiger partial charge >= 0.3 is 0 Å². The Labute approximate surface area is 140 Å². The number of nitrogens with zero attached hydrogens (tertiary/aromatic N) is 1. The molecular formula is C16H20ClN3OS. The molecule has 22 heavy (non-hydrogen) atoms. The molecule has 0 unspecified atom stereocenters. The number of nitrogens with two attached hydrogens (primary N) is 1. The second-order valence-electron chi connectivity index (χ2n) is 5.04. The summed E-state index contributed by atoms with van der Waals surface area (Å²) in [6.07, 6.45) is 0.997. The van der Waals surface area contributed by atoms with Gasteiger partial charge < -0.3 is 15.8 Å². The molecule has 3 N–H and O–H groups in total. The van der Waals surface area contributed by atoms with Gasteiger partial charge in [0.05, 0.1) is 10.4 Å². The fourth-order valence-electron chi connectivity index (χ4n) is 1.85. The minimum Gasteiger partial charge on any atom is -0.491 e. The van der Waals surface area contributed by atoms with Crippen LogP contribution in [-0.4, -0.2) is 18.6 Å². The minimum absolute atomic E-state index is 0.163. The molecule has 0 saturated heterocycles. The standard InChI is InChI=1S/C16H20ClN3OS/c1-11(2)21-13-5-3-12(4-6-13)20-16(18)19-10-9-14-7-8-15(17)22-14/h3-8,11H,9-10H2,1-2H3,(H3,18,19,20). The smallest absolute Gasteiger partial charge is 0.193 e. The molecule has 0 saturated carbocycles. The molecule has 1 heterocycles. The van der Waals surface area contributed by atoms with Gasteiger partial charge in [-0.15, -0.1) is 11.3 Å². The number of guanidine groups is 1. The van der Waals surface area contributed by atoms with Gasteiger partial charge in [-0.05, 0) is 50.2 Å². The monoisotopic (exact) mass is 337 g/mol. The summed E-state index contributed by atoms with van der Waals surface area (Å²) < 4.78 is 6.39. The van der Waals surface area contributed by atoms with Crippen molar-refractivity contribution in [3.63, 3.8) is 0 Å². The number of benzene rings is 1. The normalized spacial score (nSPS) is 11.7. The van der Waals surface area contributed by atoms with Gasteiger partial charge in [-0.2, -0.15) is 0 Å². The first-order valence-electron chi connectivity index (χ1n) is 7.11. The van der Waals surface area contributed by atoms with Crippen molar-refractivity contribution < 1.29 is 4.74 Å². The van der Waals surface area contributed by atoms with E-state index in [1.807, 2.05) is 50.2 Å². The van der Waals surface area contributed by atoms with Crippen LogP contribution in [0.3, 0.4) is 0 Å². The van der Waals surface area contributed by atoms with Gasteiger partial charge in [-0.1, -0.05) is 11.6 Å². The number of anilines is 1. The Kier molecular flexibility index (Phi) is 6.10. The number of rotatable bonds is 6. The number of hydrogen-bond acceptors (Lipinski definition) is 3. The van der Waals surface area contributed by atoms with Crippen LogP contribution in [0.4, 0.5) is 5.69 Å². The highest BCUT2D eigenvalue weighted by Crippen LogP contribution is 2.21. The van der Waals surface area contributed by atoms with Crippen molar-refractivity contribution in [2.45, 2.75) is 26.4 Å². The Balaban J connectivity index is 1.82. The van der Waals surface area contributed by atoms with Gasteiger partial charge in [0, 0.05) is 23.5 Å². The Morgan fingerprint density at radius 3 is 2.59 bits per heavy atom. The van der Waals surface area contributed by atoms with E-state index in [4.69, 9.17) is 22.1 Å². The Morgan fingerprint density at radius 1 is 1.27 bits per heavy atom. The Hall–Kier alpha value is -1.72. The summed E-state index contributed by atoms with van der Waals surface area (Å²) in [5, 5.41) is 3.06. The highest BCUT2D eigenvalue weighted by Gasteiger charge is 2.00. The van der Waals surface area contributed by atoms with E-state index in [1.165, 1.54) is 4.88 Å². The predicted octanol–water partition coefficient (Wildman–Crippen LogP) is 4.16. The van der Waals surface area contributed by atoms with Crippen molar-refractivity contribution in [3.8, 4) is 5.75 Å². The molecule has 1 aromatic heterocycles. The summed E-state index contributed by atoms with van der Waals surface area (Å²) in [5.74, 6) is 1.24. The van der Waals surface area contributed by atoms with Crippen molar-refractivity contribution >= 4 is 34.6 Å². The molecule has 118 valence electrons. The van der Waals surface area contributed by atoms with Gasteiger partial charge in [0.15, 0.2) is 5.96 Å². The molecule has 2 rings (SSSR count). The van der Waals surface area contributed by atoms with Crippen LogP contribution in [0.1, 0.15) is 18.7 Å². The molecule has 0 fully saturated rings. The maximum atomic E-state index is 5.89. The van der Waals surface area contributed by atoms with E-state index in [0.29, 0.717) is 12.5 Å². The average Bonchev–Trinajstić information content (AvgIpc) is 2.86. The first kappa shape index (κ1) is 16.6. The highest BCUT2D eigenvalue weighted by molar-refractivity contribution is 7.16. The van der Waals surface area contributed by atoms with Crippen LogP contribution in [0.5, 0.6) is 5.75 Å². The Bertz CT molecular complexity index is 623. The van der Waals surface area contributed by atoms with E-state index in [1.54, 1.807) is 11.3 Å². The van der Waals surface area contributed by atoms with Gasteiger partial charge in [0.2, 0.25) is 0 Å². The third-order valence-corrected chi connectivity index (χ3v) is 4.06. The summed E-state index contributed by atoms with van der Waals surface area (Å²) >= 11 is 7.46. The lowest BCUT2D eigenvalue weighted by Crippen LogP contribution is -2.23. The number of halogens is 1. The lowest BCUT2D eigenvalue weighted by Gasteiger charge is -2.10. The van der Waals surface area contributed by atoms with Crippen LogP contribution in [0, 0.1) is 0 Å². The largest absolute Gasteiger partial charge is 0.491 e. The fourth-order valence-corrected chi connectivity index (χ4v) is 2.93. The van der Waals surface area contributed by atoms with Crippen LogP contribution in [0.25, 0.3) is 0 Å². The minimum atomic E-state index is 0.163. The molecule has 0 bridgehead atoms. The number of hydrogen-bond donors (Lipinski definition) is 2. The highest BCUT2D eigenvalue weighted by atomic mass is 35.5. The molecule has 4 nitrogen and oxygen atoms in total.